The summed E-state index contributed by atoms with van der Waals surface area (Å²) in [5.41, 5.74) is 2.12. The summed E-state index contributed by atoms with van der Waals surface area (Å²) in [5.74, 6) is 0.167. The highest BCUT2D eigenvalue weighted by atomic mass is 79.9. The SMILES string of the molecule is CC1=CCCN(C(=O)c2cc(Br)cn2C2CC2)C1. The molecule has 1 saturated carbocycles. The Labute approximate surface area is 116 Å². The largest absolute Gasteiger partial charge is 0.339 e. The van der Waals surface area contributed by atoms with E-state index >= 15 is 0 Å². The number of carbonyl (C=O) groups excluding carboxylic acids is 1. The zero-order valence-electron chi connectivity index (χ0n) is 10.5. The normalized spacial score (nSPS) is 19.9. The van der Waals surface area contributed by atoms with E-state index in [1.165, 1.54) is 18.4 Å². The van der Waals surface area contributed by atoms with Gasteiger partial charge < -0.3 is 9.47 Å². The van der Waals surface area contributed by atoms with Crippen LogP contribution in [-0.4, -0.2) is 28.5 Å². The van der Waals surface area contributed by atoms with E-state index in [2.05, 4.69) is 33.5 Å². The molecule has 0 spiro atoms. The number of aromatic nitrogens is 1. The standard InChI is InChI=1S/C14H17BrN2O/c1-10-3-2-6-16(8-10)14(18)13-7-11(15)9-17(13)12-4-5-12/h3,7,9,12H,2,4-6,8H2,1H3. The van der Waals surface area contributed by atoms with E-state index in [4.69, 9.17) is 0 Å². The summed E-state index contributed by atoms with van der Waals surface area (Å²) in [6.45, 7) is 3.70. The fraction of sp³-hybridized carbons (Fsp3) is 0.500. The molecule has 1 aromatic heterocycles. The molecule has 1 aliphatic heterocycles. The fourth-order valence-corrected chi connectivity index (χ4v) is 2.96. The van der Waals surface area contributed by atoms with Crippen LogP contribution in [0.3, 0.4) is 0 Å². The number of rotatable bonds is 2. The lowest BCUT2D eigenvalue weighted by molar-refractivity contribution is 0.0755. The van der Waals surface area contributed by atoms with Crippen molar-refractivity contribution in [3.8, 4) is 0 Å². The molecular weight excluding hydrogens is 292 g/mol. The van der Waals surface area contributed by atoms with E-state index in [0.29, 0.717) is 6.04 Å². The first-order valence-corrected chi connectivity index (χ1v) is 7.27. The summed E-state index contributed by atoms with van der Waals surface area (Å²) < 4.78 is 3.14. The molecule has 1 aromatic rings. The van der Waals surface area contributed by atoms with E-state index in [1.54, 1.807) is 0 Å². The van der Waals surface area contributed by atoms with E-state index in [1.807, 2.05) is 17.2 Å². The first-order chi connectivity index (χ1) is 8.65. The van der Waals surface area contributed by atoms with Gasteiger partial charge in [0.2, 0.25) is 0 Å². The molecule has 0 atom stereocenters. The molecule has 18 heavy (non-hydrogen) atoms. The van der Waals surface area contributed by atoms with Crippen molar-refractivity contribution < 1.29 is 4.79 Å². The molecule has 2 heterocycles. The lowest BCUT2D eigenvalue weighted by Gasteiger charge is -2.26. The second kappa shape index (κ2) is 4.57. The van der Waals surface area contributed by atoms with E-state index < -0.39 is 0 Å². The Morgan fingerprint density at radius 3 is 2.89 bits per heavy atom. The van der Waals surface area contributed by atoms with Crippen molar-refractivity contribution in [1.29, 1.82) is 0 Å². The van der Waals surface area contributed by atoms with Gasteiger partial charge in [-0.25, -0.2) is 0 Å². The highest BCUT2D eigenvalue weighted by molar-refractivity contribution is 9.10. The van der Waals surface area contributed by atoms with Crippen LogP contribution in [-0.2, 0) is 0 Å². The molecule has 3 nitrogen and oxygen atoms in total. The molecule has 0 saturated heterocycles. The molecule has 1 amide bonds. The first kappa shape index (κ1) is 12.0. The highest BCUT2D eigenvalue weighted by Crippen LogP contribution is 2.37. The smallest absolute Gasteiger partial charge is 0.270 e. The Hall–Kier alpha value is -1.03. The van der Waals surface area contributed by atoms with Gasteiger partial charge in [0.15, 0.2) is 0 Å². The van der Waals surface area contributed by atoms with Gasteiger partial charge >= 0.3 is 0 Å². The van der Waals surface area contributed by atoms with Crippen LogP contribution in [0.25, 0.3) is 0 Å². The highest BCUT2D eigenvalue weighted by Gasteiger charge is 2.29. The molecule has 0 bridgehead atoms. The van der Waals surface area contributed by atoms with Gasteiger partial charge in [-0.2, -0.15) is 0 Å². The second-order valence-corrected chi connectivity index (χ2v) is 6.16. The Kier molecular flexibility index (Phi) is 3.06. The summed E-state index contributed by atoms with van der Waals surface area (Å²) in [4.78, 5) is 14.5. The molecule has 3 rings (SSSR count). The Morgan fingerprint density at radius 1 is 1.44 bits per heavy atom. The van der Waals surface area contributed by atoms with Gasteiger partial charge in [-0.05, 0) is 48.2 Å². The summed E-state index contributed by atoms with van der Waals surface area (Å²) >= 11 is 3.48. The van der Waals surface area contributed by atoms with Crippen LogP contribution in [0.1, 0.15) is 42.7 Å². The van der Waals surface area contributed by atoms with Gasteiger partial charge in [0.25, 0.3) is 5.91 Å². The molecule has 96 valence electrons. The van der Waals surface area contributed by atoms with Crippen LogP contribution in [0.5, 0.6) is 0 Å². The molecule has 0 aromatic carbocycles. The van der Waals surface area contributed by atoms with Crippen molar-refractivity contribution in [3.63, 3.8) is 0 Å². The average Bonchev–Trinajstić information content (AvgIpc) is 3.12. The maximum Gasteiger partial charge on any atom is 0.270 e. The van der Waals surface area contributed by atoms with Crippen LogP contribution in [0.15, 0.2) is 28.4 Å². The minimum Gasteiger partial charge on any atom is -0.339 e. The predicted molar refractivity (Wildman–Crippen MR) is 74.7 cm³/mol. The summed E-state index contributed by atoms with van der Waals surface area (Å²) in [6.07, 6.45) is 7.63. The zero-order valence-corrected chi connectivity index (χ0v) is 12.1. The van der Waals surface area contributed by atoms with Crippen molar-refractivity contribution in [2.75, 3.05) is 13.1 Å². The molecule has 1 fully saturated rings. The number of hydrogen-bond acceptors (Lipinski definition) is 1. The number of carbonyl (C=O) groups is 1. The number of amides is 1. The minimum atomic E-state index is 0.167. The molecule has 0 unspecified atom stereocenters. The Bertz CT molecular complexity index is 514. The maximum absolute atomic E-state index is 12.6. The van der Waals surface area contributed by atoms with Crippen LogP contribution in [0.4, 0.5) is 0 Å². The quantitative estimate of drug-likeness (QED) is 0.769. The third-order valence-electron chi connectivity index (χ3n) is 3.59. The van der Waals surface area contributed by atoms with Crippen LogP contribution in [0.2, 0.25) is 0 Å². The molecule has 1 aliphatic carbocycles. The van der Waals surface area contributed by atoms with Gasteiger partial charge in [0.05, 0.1) is 0 Å². The fourth-order valence-electron chi connectivity index (χ4n) is 2.52. The minimum absolute atomic E-state index is 0.167. The monoisotopic (exact) mass is 308 g/mol. The van der Waals surface area contributed by atoms with Crippen molar-refractivity contribution in [2.45, 2.75) is 32.2 Å². The van der Waals surface area contributed by atoms with Crippen molar-refractivity contribution in [1.82, 2.24) is 9.47 Å². The van der Waals surface area contributed by atoms with Crippen molar-refractivity contribution >= 4 is 21.8 Å². The molecular formula is C14H17BrN2O. The lowest BCUT2D eigenvalue weighted by atomic mass is 10.1. The zero-order chi connectivity index (χ0) is 12.7. The van der Waals surface area contributed by atoms with Gasteiger partial charge in [0.1, 0.15) is 5.69 Å². The third-order valence-corrected chi connectivity index (χ3v) is 4.03. The van der Waals surface area contributed by atoms with Crippen LogP contribution >= 0.6 is 15.9 Å². The molecule has 4 heteroatoms. The summed E-state index contributed by atoms with van der Waals surface area (Å²) in [7, 11) is 0. The average molecular weight is 309 g/mol. The van der Waals surface area contributed by atoms with Crippen LogP contribution in [0, 0.1) is 0 Å². The maximum atomic E-state index is 12.6. The molecule has 2 aliphatic rings. The Morgan fingerprint density at radius 2 is 2.22 bits per heavy atom. The lowest BCUT2D eigenvalue weighted by Crippen LogP contribution is -2.36. The van der Waals surface area contributed by atoms with E-state index in [0.717, 1.165) is 29.7 Å². The summed E-state index contributed by atoms with van der Waals surface area (Å²) in [6, 6.07) is 2.49. The van der Waals surface area contributed by atoms with Gasteiger partial charge in [-0.15, -0.1) is 0 Å². The number of halogens is 1. The second-order valence-electron chi connectivity index (χ2n) is 5.25. The topological polar surface area (TPSA) is 25.2 Å². The van der Waals surface area contributed by atoms with Gasteiger partial charge in [-0.1, -0.05) is 11.6 Å². The molecule has 0 radical (unpaired) electrons. The first-order valence-electron chi connectivity index (χ1n) is 6.47. The van der Waals surface area contributed by atoms with Crippen molar-refractivity contribution in [2.24, 2.45) is 0 Å². The van der Waals surface area contributed by atoms with E-state index in [-0.39, 0.29) is 5.91 Å². The third kappa shape index (κ3) is 2.26. The van der Waals surface area contributed by atoms with Gasteiger partial charge in [-0.3, -0.25) is 4.79 Å². The number of nitrogens with zero attached hydrogens (tertiary/aromatic N) is 2. The van der Waals surface area contributed by atoms with Crippen LogP contribution < -0.4 is 0 Å². The van der Waals surface area contributed by atoms with E-state index in [9.17, 15) is 4.79 Å². The number of hydrogen-bond donors (Lipinski definition) is 0. The Balaban J connectivity index is 1.85. The predicted octanol–water partition coefficient (Wildman–Crippen LogP) is 3.38. The van der Waals surface area contributed by atoms with Gasteiger partial charge in [0, 0.05) is 29.8 Å². The van der Waals surface area contributed by atoms with Crippen molar-refractivity contribution in [3.05, 3.63) is 34.1 Å². The summed E-state index contributed by atoms with van der Waals surface area (Å²) in [5, 5.41) is 0. The molecule has 0 N–H and O–H groups in total.